The van der Waals surface area contributed by atoms with E-state index >= 15 is 0 Å². The predicted octanol–water partition coefficient (Wildman–Crippen LogP) is 3.03. The van der Waals surface area contributed by atoms with Crippen LogP contribution in [0.3, 0.4) is 0 Å². The van der Waals surface area contributed by atoms with E-state index in [2.05, 4.69) is 25.3 Å². The number of carbonyl (C=O) groups excluding carboxylic acids is 1. The summed E-state index contributed by atoms with van der Waals surface area (Å²) in [6, 6.07) is 7.75. The molecule has 1 amide bonds. The number of benzene rings is 1. The Morgan fingerprint density at radius 3 is 2.31 bits per heavy atom. The molecule has 39 heavy (non-hydrogen) atoms. The van der Waals surface area contributed by atoms with Crippen LogP contribution in [0.2, 0.25) is 0 Å². The first kappa shape index (κ1) is 26.9. The second kappa shape index (κ2) is 10.2. The molecule has 4 heterocycles. The lowest BCUT2D eigenvalue weighted by Crippen LogP contribution is -2.56. The van der Waals surface area contributed by atoms with E-state index in [1.807, 2.05) is 26.2 Å². The number of nitrogens with zero attached hydrogens (tertiary/aromatic N) is 6. The minimum Gasteiger partial charge on any atom is -0.352 e. The first-order valence-electron chi connectivity index (χ1n) is 12.5. The average Bonchev–Trinajstić information content (AvgIpc) is 3.18. The third-order valence-corrected chi connectivity index (χ3v) is 7.97. The molecule has 3 fully saturated rings. The van der Waals surface area contributed by atoms with Gasteiger partial charge in [0.15, 0.2) is 0 Å². The Kier molecular flexibility index (Phi) is 7.01. The number of anilines is 3. The standard InChI is InChI=1S/C18H21F2N7O.C7H8O3S/c1-25-8-11(7-22-25)23-17-21-5-4-15(24-17)26-9-12-2-3-13(10-26)27(12)16(28)14-6-18(14,19)20;1-6-2-4-7(5-3-6)11(8,9)10/h4-5,7-8,12-14H,2-3,6,9-10H2,1H3,(H,21,23,24);2-5H,1H3,(H,8,9,10)/t12-,13+,14-;/m0./s1. The number of amides is 1. The predicted molar refractivity (Wildman–Crippen MR) is 138 cm³/mol. The molecule has 2 aromatic heterocycles. The van der Waals surface area contributed by atoms with E-state index in [0.29, 0.717) is 19.0 Å². The Morgan fingerprint density at radius 1 is 1.13 bits per heavy atom. The highest BCUT2D eigenvalue weighted by molar-refractivity contribution is 7.85. The van der Waals surface area contributed by atoms with E-state index in [9.17, 15) is 22.0 Å². The van der Waals surface area contributed by atoms with E-state index in [1.165, 1.54) is 12.1 Å². The second-order valence-corrected chi connectivity index (χ2v) is 11.5. The van der Waals surface area contributed by atoms with Gasteiger partial charge in [-0.3, -0.25) is 14.0 Å². The molecule has 2 aliphatic heterocycles. The Balaban J connectivity index is 0.000000237. The number of rotatable bonds is 5. The number of fused-ring (bicyclic) bond motifs is 2. The Hall–Kier alpha value is -3.65. The molecule has 2 bridgehead atoms. The van der Waals surface area contributed by atoms with Crippen molar-refractivity contribution in [1.29, 1.82) is 0 Å². The van der Waals surface area contributed by atoms with Crippen molar-refractivity contribution in [3.8, 4) is 0 Å². The lowest BCUT2D eigenvalue weighted by molar-refractivity contribution is -0.138. The van der Waals surface area contributed by atoms with Gasteiger partial charge < -0.3 is 15.1 Å². The minimum atomic E-state index is -4.02. The fourth-order valence-corrected chi connectivity index (χ4v) is 5.50. The smallest absolute Gasteiger partial charge is 0.294 e. The number of aromatic nitrogens is 4. The van der Waals surface area contributed by atoms with Gasteiger partial charge in [-0.1, -0.05) is 17.7 Å². The third-order valence-electron chi connectivity index (χ3n) is 7.11. The van der Waals surface area contributed by atoms with Crippen LogP contribution < -0.4 is 10.2 Å². The zero-order chi connectivity index (χ0) is 27.9. The molecular formula is C25H29F2N7O4S. The first-order valence-corrected chi connectivity index (χ1v) is 13.9. The number of piperazine rings is 1. The van der Waals surface area contributed by atoms with Gasteiger partial charge in [-0.05, 0) is 38.0 Å². The molecule has 11 nitrogen and oxygen atoms in total. The molecule has 0 radical (unpaired) electrons. The van der Waals surface area contributed by atoms with Crippen molar-refractivity contribution in [3.05, 3.63) is 54.5 Å². The highest BCUT2D eigenvalue weighted by Gasteiger charge is 2.64. The SMILES string of the molecule is Cc1ccc(S(=O)(=O)O)cc1.Cn1cc(Nc2nccc(N3C[C@H]4CC[C@@H](C3)N4C(=O)[C@@H]3CC3(F)F)n2)cn1. The van der Waals surface area contributed by atoms with Crippen molar-refractivity contribution in [3.63, 3.8) is 0 Å². The molecule has 0 unspecified atom stereocenters. The first-order chi connectivity index (χ1) is 18.4. The monoisotopic (exact) mass is 561 g/mol. The maximum Gasteiger partial charge on any atom is 0.294 e. The molecule has 1 aliphatic carbocycles. The molecule has 3 aromatic rings. The van der Waals surface area contributed by atoms with Gasteiger partial charge in [0.2, 0.25) is 11.9 Å². The molecule has 0 spiro atoms. The van der Waals surface area contributed by atoms with Gasteiger partial charge in [-0.15, -0.1) is 0 Å². The van der Waals surface area contributed by atoms with Crippen LogP contribution in [0.4, 0.5) is 26.2 Å². The van der Waals surface area contributed by atoms with Crippen molar-refractivity contribution in [1.82, 2.24) is 24.6 Å². The maximum absolute atomic E-state index is 13.4. The average molecular weight is 562 g/mol. The molecule has 208 valence electrons. The Morgan fingerprint density at radius 2 is 1.77 bits per heavy atom. The Bertz CT molecular complexity index is 1450. The quantitative estimate of drug-likeness (QED) is 0.451. The van der Waals surface area contributed by atoms with Gasteiger partial charge in [0.1, 0.15) is 11.7 Å². The van der Waals surface area contributed by atoms with Gasteiger partial charge in [-0.2, -0.15) is 18.5 Å². The fraction of sp³-hybridized carbons (Fsp3) is 0.440. The second-order valence-electron chi connectivity index (χ2n) is 10.1. The summed E-state index contributed by atoms with van der Waals surface area (Å²) in [7, 11) is -2.19. The highest BCUT2D eigenvalue weighted by Crippen LogP contribution is 2.51. The summed E-state index contributed by atoms with van der Waals surface area (Å²) in [6.07, 6.45) is 6.59. The summed E-state index contributed by atoms with van der Waals surface area (Å²) in [4.78, 5) is 25.1. The molecule has 6 rings (SSSR count). The number of halogens is 2. The van der Waals surface area contributed by atoms with Crippen molar-refractivity contribution < 1.29 is 26.5 Å². The number of nitrogens with one attached hydrogen (secondary N) is 1. The highest BCUT2D eigenvalue weighted by atomic mass is 32.2. The van der Waals surface area contributed by atoms with E-state index in [1.54, 1.807) is 34.1 Å². The van der Waals surface area contributed by atoms with Crippen molar-refractivity contribution in [2.75, 3.05) is 23.3 Å². The molecule has 1 saturated carbocycles. The van der Waals surface area contributed by atoms with Crippen LogP contribution in [0.1, 0.15) is 24.8 Å². The van der Waals surface area contributed by atoms with Gasteiger partial charge in [-0.25, -0.2) is 13.8 Å². The summed E-state index contributed by atoms with van der Waals surface area (Å²) in [5.74, 6) is -3.07. The van der Waals surface area contributed by atoms with Crippen LogP contribution >= 0.6 is 0 Å². The van der Waals surface area contributed by atoms with Crippen molar-refractivity contribution >= 4 is 33.5 Å². The van der Waals surface area contributed by atoms with Crippen LogP contribution in [0, 0.1) is 12.8 Å². The van der Waals surface area contributed by atoms with Crippen LogP contribution in [0.5, 0.6) is 0 Å². The van der Waals surface area contributed by atoms with Gasteiger partial charge in [0.25, 0.3) is 16.0 Å². The van der Waals surface area contributed by atoms with E-state index in [4.69, 9.17) is 4.55 Å². The topological polar surface area (TPSA) is 134 Å². The summed E-state index contributed by atoms with van der Waals surface area (Å²) >= 11 is 0. The molecule has 1 aromatic carbocycles. The molecule has 3 aliphatic rings. The lowest BCUT2D eigenvalue weighted by atomic mass is 10.1. The summed E-state index contributed by atoms with van der Waals surface area (Å²) in [6.45, 7) is 3.04. The summed E-state index contributed by atoms with van der Waals surface area (Å²) in [5.41, 5.74) is 1.75. The number of hydrogen-bond donors (Lipinski definition) is 2. The van der Waals surface area contributed by atoms with E-state index in [-0.39, 0.29) is 29.3 Å². The van der Waals surface area contributed by atoms with Gasteiger partial charge in [0.05, 0.1) is 16.8 Å². The number of alkyl halides is 2. The van der Waals surface area contributed by atoms with Gasteiger partial charge in [0, 0.05) is 51.0 Å². The van der Waals surface area contributed by atoms with Crippen LogP contribution in [0.15, 0.2) is 53.8 Å². The molecule has 14 heteroatoms. The molecular weight excluding hydrogens is 532 g/mol. The Labute approximate surface area is 224 Å². The van der Waals surface area contributed by atoms with Crippen LogP contribution in [-0.2, 0) is 22.0 Å². The largest absolute Gasteiger partial charge is 0.352 e. The molecule has 2 N–H and O–H groups in total. The normalized spacial score (nSPS) is 23.2. The third kappa shape index (κ3) is 6.01. The molecule has 3 atom stereocenters. The minimum absolute atomic E-state index is 0.0349. The van der Waals surface area contributed by atoms with E-state index < -0.39 is 22.0 Å². The van der Waals surface area contributed by atoms with Crippen LogP contribution in [0.25, 0.3) is 0 Å². The fourth-order valence-electron chi connectivity index (χ4n) is 5.02. The number of hydrogen-bond acceptors (Lipinski definition) is 8. The summed E-state index contributed by atoms with van der Waals surface area (Å²) < 4.78 is 57.9. The molecule has 2 saturated heterocycles. The number of carbonyl (C=O) groups is 1. The van der Waals surface area contributed by atoms with Crippen molar-refractivity contribution in [2.24, 2.45) is 13.0 Å². The summed E-state index contributed by atoms with van der Waals surface area (Å²) in [5, 5.41) is 7.23. The van der Waals surface area contributed by atoms with Gasteiger partial charge >= 0.3 is 0 Å². The van der Waals surface area contributed by atoms with Crippen molar-refractivity contribution in [2.45, 2.75) is 49.1 Å². The lowest BCUT2D eigenvalue weighted by Gasteiger charge is -2.41. The zero-order valence-corrected chi connectivity index (χ0v) is 22.2. The zero-order valence-electron chi connectivity index (χ0n) is 21.4. The maximum atomic E-state index is 13.4. The number of aryl methyl sites for hydroxylation is 2. The van der Waals surface area contributed by atoms with Crippen LogP contribution in [-0.4, -0.2) is 74.6 Å². The van der Waals surface area contributed by atoms with E-state index in [0.717, 1.165) is 29.9 Å².